The van der Waals surface area contributed by atoms with Gasteiger partial charge in [-0.2, -0.15) is 0 Å². The minimum atomic E-state index is -1.08. The molecule has 0 fully saturated rings. The van der Waals surface area contributed by atoms with Gasteiger partial charge in [0.05, 0.1) is 23.7 Å². The molecule has 6 nitrogen and oxygen atoms in total. The molecule has 1 atom stereocenters. The van der Waals surface area contributed by atoms with Crippen molar-refractivity contribution in [2.75, 3.05) is 6.54 Å². The van der Waals surface area contributed by atoms with Crippen LogP contribution in [0.1, 0.15) is 12.1 Å². The van der Waals surface area contributed by atoms with Crippen LogP contribution in [0, 0.1) is 0 Å². The lowest BCUT2D eigenvalue weighted by molar-refractivity contribution is -0.139. The number of nitrogens with one attached hydrogen (secondary N) is 1. The average Bonchev–Trinajstić information content (AvgIpc) is 2.69. The number of hydrogen-bond donors (Lipinski definition) is 3. The van der Waals surface area contributed by atoms with Gasteiger partial charge in [-0.05, 0) is 0 Å². The van der Waals surface area contributed by atoms with Gasteiger partial charge in [0.1, 0.15) is 0 Å². The maximum atomic E-state index is 11.3. The number of nitrogens with two attached hydrogens (primary N) is 1. The van der Waals surface area contributed by atoms with E-state index in [9.17, 15) is 9.59 Å². The largest absolute Gasteiger partial charge is 0.481 e. The van der Waals surface area contributed by atoms with Crippen LogP contribution in [0.3, 0.4) is 0 Å². The summed E-state index contributed by atoms with van der Waals surface area (Å²) in [6.07, 6.45) is 0.261. The Morgan fingerprint density at radius 2 is 2.38 bits per heavy atom. The number of carbonyl (C=O) groups is 2. The van der Waals surface area contributed by atoms with E-state index in [0.717, 1.165) is 5.69 Å². The summed E-state index contributed by atoms with van der Waals surface area (Å²) in [6.45, 7) is 0.413. The highest BCUT2D eigenvalue weighted by Gasteiger charge is 2.16. The first-order chi connectivity index (χ1) is 7.59. The fraction of sp³-hybridized carbons (Fsp3) is 0.444. The van der Waals surface area contributed by atoms with Crippen LogP contribution in [0.4, 0.5) is 0 Å². The highest BCUT2D eigenvalue weighted by molar-refractivity contribution is 7.07. The topological polar surface area (TPSA) is 105 Å². The van der Waals surface area contributed by atoms with Gasteiger partial charge in [0, 0.05) is 18.3 Å². The molecule has 0 aliphatic carbocycles. The van der Waals surface area contributed by atoms with Gasteiger partial charge in [0.2, 0.25) is 5.91 Å². The van der Waals surface area contributed by atoms with Gasteiger partial charge in [-0.25, -0.2) is 4.98 Å². The number of nitrogens with zero attached hydrogens (tertiary/aromatic N) is 1. The SMILES string of the molecule is NC(CC(=O)O)C(=O)NCCc1cscn1. The number of amides is 1. The van der Waals surface area contributed by atoms with Crippen molar-refractivity contribution in [1.82, 2.24) is 10.3 Å². The Kier molecular flexibility index (Phi) is 4.87. The first-order valence-corrected chi connectivity index (χ1v) is 5.66. The molecule has 0 spiro atoms. The molecule has 1 unspecified atom stereocenters. The van der Waals surface area contributed by atoms with Gasteiger partial charge in [0.15, 0.2) is 0 Å². The lowest BCUT2D eigenvalue weighted by atomic mass is 10.2. The predicted molar refractivity (Wildman–Crippen MR) is 59.1 cm³/mol. The van der Waals surface area contributed by atoms with Gasteiger partial charge in [-0.3, -0.25) is 9.59 Å². The highest BCUT2D eigenvalue weighted by atomic mass is 32.1. The monoisotopic (exact) mass is 243 g/mol. The molecule has 1 amide bonds. The number of rotatable bonds is 6. The van der Waals surface area contributed by atoms with Crippen LogP contribution in [0.5, 0.6) is 0 Å². The fourth-order valence-electron chi connectivity index (χ4n) is 1.09. The molecule has 1 aromatic rings. The standard InChI is InChI=1S/C9H13N3O3S/c10-7(3-8(13)14)9(15)11-2-1-6-4-16-5-12-6/h4-5,7H,1-3,10H2,(H,11,15)(H,13,14). The van der Waals surface area contributed by atoms with E-state index in [2.05, 4.69) is 10.3 Å². The molecule has 4 N–H and O–H groups in total. The first-order valence-electron chi connectivity index (χ1n) is 4.71. The molecule has 0 aromatic carbocycles. The number of thiazole rings is 1. The van der Waals surface area contributed by atoms with Crippen molar-refractivity contribution in [3.05, 3.63) is 16.6 Å². The molecule has 0 saturated heterocycles. The van der Waals surface area contributed by atoms with E-state index in [1.807, 2.05) is 5.38 Å². The average molecular weight is 243 g/mol. The molecule has 1 aromatic heterocycles. The third-order valence-electron chi connectivity index (χ3n) is 1.90. The number of carboxylic acid groups (broad SMARTS) is 1. The molecule has 1 heterocycles. The molecule has 0 bridgehead atoms. The minimum absolute atomic E-state index is 0.359. The molecule has 7 heteroatoms. The normalized spacial score (nSPS) is 12.1. The predicted octanol–water partition coefficient (Wildman–Crippen LogP) is -0.396. The quantitative estimate of drug-likeness (QED) is 0.630. The Morgan fingerprint density at radius 1 is 1.62 bits per heavy atom. The van der Waals surface area contributed by atoms with Crippen LogP contribution in [-0.2, 0) is 16.0 Å². The molecule has 88 valence electrons. The van der Waals surface area contributed by atoms with E-state index >= 15 is 0 Å². The van der Waals surface area contributed by atoms with Crippen molar-refractivity contribution in [2.24, 2.45) is 5.73 Å². The number of carboxylic acids is 1. The molecule has 0 radical (unpaired) electrons. The molecule has 0 aliphatic rings. The van der Waals surface area contributed by atoms with Crippen LogP contribution in [-0.4, -0.2) is 34.6 Å². The van der Waals surface area contributed by atoms with Crippen LogP contribution in [0.25, 0.3) is 0 Å². The Morgan fingerprint density at radius 3 is 2.94 bits per heavy atom. The van der Waals surface area contributed by atoms with Gasteiger partial charge < -0.3 is 16.2 Å². The second kappa shape index (κ2) is 6.19. The summed E-state index contributed by atoms with van der Waals surface area (Å²) in [7, 11) is 0. The summed E-state index contributed by atoms with van der Waals surface area (Å²) < 4.78 is 0. The van der Waals surface area contributed by atoms with Crippen molar-refractivity contribution < 1.29 is 14.7 Å². The lowest BCUT2D eigenvalue weighted by Gasteiger charge is -2.09. The summed E-state index contributed by atoms with van der Waals surface area (Å²) in [5.41, 5.74) is 7.99. The molecule has 16 heavy (non-hydrogen) atoms. The van der Waals surface area contributed by atoms with Crippen molar-refractivity contribution in [2.45, 2.75) is 18.9 Å². The summed E-state index contributed by atoms with van der Waals surface area (Å²) in [5.74, 6) is -1.53. The van der Waals surface area contributed by atoms with E-state index in [1.54, 1.807) is 5.51 Å². The lowest BCUT2D eigenvalue weighted by Crippen LogP contribution is -2.42. The first kappa shape index (κ1) is 12.6. The van der Waals surface area contributed by atoms with E-state index in [-0.39, 0.29) is 6.42 Å². The van der Waals surface area contributed by atoms with Gasteiger partial charge in [-0.15, -0.1) is 11.3 Å². The van der Waals surface area contributed by atoms with Gasteiger partial charge in [0.25, 0.3) is 0 Å². The third-order valence-corrected chi connectivity index (χ3v) is 2.53. The van der Waals surface area contributed by atoms with Crippen LogP contribution in [0.15, 0.2) is 10.9 Å². The Bertz CT molecular complexity index is 353. The van der Waals surface area contributed by atoms with Crippen molar-refractivity contribution in [3.63, 3.8) is 0 Å². The number of aromatic nitrogens is 1. The molecular weight excluding hydrogens is 230 g/mol. The number of aliphatic carboxylic acids is 1. The van der Waals surface area contributed by atoms with Crippen molar-refractivity contribution in [3.8, 4) is 0 Å². The maximum Gasteiger partial charge on any atom is 0.305 e. The van der Waals surface area contributed by atoms with E-state index < -0.39 is 17.9 Å². The van der Waals surface area contributed by atoms with Gasteiger partial charge >= 0.3 is 5.97 Å². The molecule has 0 aliphatic heterocycles. The molecule has 0 saturated carbocycles. The zero-order valence-corrected chi connectivity index (χ0v) is 9.37. The van der Waals surface area contributed by atoms with E-state index in [4.69, 9.17) is 10.8 Å². The maximum absolute atomic E-state index is 11.3. The van der Waals surface area contributed by atoms with Crippen LogP contribution in [0.2, 0.25) is 0 Å². The number of hydrogen-bond acceptors (Lipinski definition) is 5. The third kappa shape index (κ3) is 4.37. The second-order valence-electron chi connectivity index (χ2n) is 3.23. The Labute approximate surface area is 96.5 Å². The Balaban J connectivity index is 2.22. The van der Waals surface area contributed by atoms with E-state index in [0.29, 0.717) is 13.0 Å². The van der Waals surface area contributed by atoms with Crippen LogP contribution >= 0.6 is 11.3 Å². The highest BCUT2D eigenvalue weighted by Crippen LogP contribution is 2.00. The van der Waals surface area contributed by atoms with Crippen molar-refractivity contribution >= 4 is 23.2 Å². The summed E-state index contributed by atoms with van der Waals surface area (Å²) >= 11 is 1.49. The smallest absolute Gasteiger partial charge is 0.305 e. The number of carbonyl (C=O) groups excluding carboxylic acids is 1. The summed E-state index contributed by atoms with van der Waals surface area (Å²) in [6, 6.07) is -0.993. The second-order valence-corrected chi connectivity index (χ2v) is 3.94. The van der Waals surface area contributed by atoms with Gasteiger partial charge in [-0.1, -0.05) is 0 Å². The zero-order chi connectivity index (χ0) is 12.0. The van der Waals surface area contributed by atoms with Crippen molar-refractivity contribution in [1.29, 1.82) is 0 Å². The Hall–Kier alpha value is -1.47. The summed E-state index contributed by atoms with van der Waals surface area (Å²) in [5, 5.41) is 12.9. The van der Waals surface area contributed by atoms with E-state index in [1.165, 1.54) is 11.3 Å². The fourth-order valence-corrected chi connectivity index (χ4v) is 1.68. The zero-order valence-electron chi connectivity index (χ0n) is 8.55. The molecule has 1 rings (SSSR count). The summed E-state index contributed by atoms with van der Waals surface area (Å²) in [4.78, 5) is 25.6. The minimum Gasteiger partial charge on any atom is -0.481 e. The van der Waals surface area contributed by atoms with Crippen LogP contribution < -0.4 is 11.1 Å². The molecular formula is C9H13N3O3S.